The first-order chi connectivity index (χ1) is 12.6. The lowest BCUT2D eigenvalue weighted by atomic mass is 10.0. The second-order valence-corrected chi connectivity index (χ2v) is 6.36. The Morgan fingerprint density at radius 3 is 2.42 bits per heavy atom. The average molecular weight is 356 g/mol. The summed E-state index contributed by atoms with van der Waals surface area (Å²) in [5, 5.41) is 5.65. The van der Waals surface area contributed by atoms with E-state index in [-0.39, 0.29) is 6.03 Å². The van der Waals surface area contributed by atoms with Gasteiger partial charge in [-0.25, -0.2) is 4.79 Å². The lowest BCUT2D eigenvalue weighted by molar-refractivity contribution is 0.236. The van der Waals surface area contributed by atoms with Crippen LogP contribution in [0.15, 0.2) is 48.5 Å². The molecule has 5 nitrogen and oxygen atoms in total. The van der Waals surface area contributed by atoms with E-state index in [1.165, 1.54) is 5.56 Å². The molecule has 0 aliphatic carbocycles. The summed E-state index contributed by atoms with van der Waals surface area (Å²) in [6.45, 7) is 5.77. The zero-order valence-electron chi connectivity index (χ0n) is 15.7. The van der Waals surface area contributed by atoms with Crippen molar-refractivity contribution in [3.8, 4) is 11.5 Å². The van der Waals surface area contributed by atoms with Crippen molar-refractivity contribution in [3.05, 3.63) is 59.7 Å². The molecule has 2 N–H and O–H groups in total. The van der Waals surface area contributed by atoms with Crippen molar-refractivity contribution >= 4 is 6.03 Å². The monoisotopic (exact) mass is 356 g/mol. The molecule has 0 atom stereocenters. The first-order valence-electron chi connectivity index (χ1n) is 8.96. The SMILES string of the molecule is COc1ccc(CCNC(=O)NCCOc2cccc(C(C)C)c2)cc1. The Hall–Kier alpha value is -2.69. The third-order valence-electron chi connectivity index (χ3n) is 4.04. The van der Waals surface area contributed by atoms with E-state index in [4.69, 9.17) is 9.47 Å². The van der Waals surface area contributed by atoms with Gasteiger partial charge in [0.15, 0.2) is 0 Å². The number of hydrogen-bond acceptors (Lipinski definition) is 3. The van der Waals surface area contributed by atoms with Gasteiger partial charge in [0.25, 0.3) is 0 Å². The minimum absolute atomic E-state index is 0.182. The van der Waals surface area contributed by atoms with Crippen LogP contribution in [0.4, 0.5) is 4.79 Å². The maximum absolute atomic E-state index is 11.8. The van der Waals surface area contributed by atoms with Gasteiger partial charge >= 0.3 is 6.03 Å². The Morgan fingerprint density at radius 2 is 1.73 bits per heavy atom. The van der Waals surface area contributed by atoms with E-state index in [9.17, 15) is 4.79 Å². The van der Waals surface area contributed by atoms with Gasteiger partial charge in [0.1, 0.15) is 18.1 Å². The second kappa shape index (κ2) is 10.3. The molecule has 5 heteroatoms. The minimum atomic E-state index is -0.182. The molecule has 140 valence electrons. The molecule has 2 aromatic carbocycles. The van der Waals surface area contributed by atoms with Crippen molar-refractivity contribution in [2.24, 2.45) is 0 Å². The van der Waals surface area contributed by atoms with Gasteiger partial charge in [-0.15, -0.1) is 0 Å². The molecule has 0 saturated heterocycles. The molecule has 0 unspecified atom stereocenters. The lowest BCUT2D eigenvalue weighted by Gasteiger charge is -2.11. The van der Waals surface area contributed by atoms with Crippen molar-refractivity contribution in [2.75, 3.05) is 26.8 Å². The maximum Gasteiger partial charge on any atom is 0.314 e. The smallest absolute Gasteiger partial charge is 0.314 e. The number of benzene rings is 2. The van der Waals surface area contributed by atoms with E-state index < -0.39 is 0 Å². The first kappa shape index (κ1) is 19.6. The molecule has 0 aromatic heterocycles. The van der Waals surface area contributed by atoms with Crippen LogP contribution in [0, 0.1) is 0 Å². The van der Waals surface area contributed by atoms with E-state index in [1.807, 2.05) is 42.5 Å². The summed E-state index contributed by atoms with van der Waals surface area (Å²) in [6, 6.07) is 15.7. The highest BCUT2D eigenvalue weighted by atomic mass is 16.5. The van der Waals surface area contributed by atoms with Gasteiger partial charge in [0, 0.05) is 6.54 Å². The van der Waals surface area contributed by atoms with E-state index in [0.29, 0.717) is 25.6 Å². The molecule has 0 spiro atoms. The largest absolute Gasteiger partial charge is 0.497 e. The first-order valence-corrected chi connectivity index (χ1v) is 8.96. The summed E-state index contributed by atoms with van der Waals surface area (Å²) in [5.41, 5.74) is 2.39. The van der Waals surface area contributed by atoms with Gasteiger partial charge in [0.2, 0.25) is 0 Å². The number of hydrogen-bond donors (Lipinski definition) is 2. The standard InChI is InChI=1S/C21H28N2O3/c1-16(2)18-5-4-6-20(15-18)26-14-13-23-21(24)22-12-11-17-7-9-19(25-3)10-8-17/h4-10,15-16H,11-14H2,1-3H3,(H2,22,23,24). The third-order valence-corrected chi connectivity index (χ3v) is 4.04. The number of rotatable bonds is 9. The topological polar surface area (TPSA) is 59.6 Å². The van der Waals surface area contributed by atoms with Crippen LogP contribution in [0.3, 0.4) is 0 Å². The molecule has 0 radical (unpaired) electrons. The normalized spacial score (nSPS) is 10.5. The van der Waals surface area contributed by atoms with Crippen LogP contribution < -0.4 is 20.1 Å². The summed E-state index contributed by atoms with van der Waals surface area (Å²) in [5.74, 6) is 2.13. The van der Waals surface area contributed by atoms with Gasteiger partial charge in [-0.2, -0.15) is 0 Å². The number of carbonyl (C=O) groups is 1. The van der Waals surface area contributed by atoms with Gasteiger partial charge < -0.3 is 20.1 Å². The predicted octanol–water partition coefficient (Wildman–Crippen LogP) is 3.74. The fraction of sp³-hybridized carbons (Fsp3) is 0.381. The van der Waals surface area contributed by atoms with Crippen LogP contribution in [-0.4, -0.2) is 32.8 Å². The van der Waals surface area contributed by atoms with Gasteiger partial charge in [0.05, 0.1) is 13.7 Å². The summed E-state index contributed by atoms with van der Waals surface area (Å²) in [7, 11) is 1.64. The highest BCUT2D eigenvalue weighted by Crippen LogP contribution is 2.19. The molecule has 0 heterocycles. The van der Waals surface area contributed by atoms with E-state index >= 15 is 0 Å². The third kappa shape index (κ3) is 6.67. The molecule has 0 bridgehead atoms. The molecule has 0 aliphatic heterocycles. The summed E-state index contributed by atoms with van der Waals surface area (Å²) < 4.78 is 10.8. The minimum Gasteiger partial charge on any atom is -0.497 e. The van der Waals surface area contributed by atoms with Gasteiger partial charge in [-0.1, -0.05) is 38.1 Å². The Labute approximate surface area is 155 Å². The lowest BCUT2D eigenvalue weighted by Crippen LogP contribution is -2.38. The second-order valence-electron chi connectivity index (χ2n) is 6.36. The van der Waals surface area contributed by atoms with Crippen LogP contribution in [0.5, 0.6) is 11.5 Å². The van der Waals surface area contributed by atoms with Gasteiger partial charge in [-0.3, -0.25) is 0 Å². The molecular weight excluding hydrogens is 328 g/mol. The predicted molar refractivity (Wildman–Crippen MR) is 104 cm³/mol. The maximum atomic E-state index is 11.8. The van der Waals surface area contributed by atoms with Gasteiger partial charge in [-0.05, 0) is 47.7 Å². The average Bonchev–Trinajstić information content (AvgIpc) is 2.66. The van der Waals surface area contributed by atoms with E-state index in [2.05, 4.69) is 30.5 Å². The number of urea groups is 1. The Kier molecular flexibility index (Phi) is 7.80. The zero-order valence-corrected chi connectivity index (χ0v) is 15.7. The van der Waals surface area contributed by atoms with Crippen molar-refractivity contribution in [1.29, 1.82) is 0 Å². The van der Waals surface area contributed by atoms with Crippen LogP contribution >= 0.6 is 0 Å². The van der Waals surface area contributed by atoms with Crippen molar-refractivity contribution < 1.29 is 14.3 Å². The summed E-state index contributed by atoms with van der Waals surface area (Å²) in [4.78, 5) is 11.8. The van der Waals surface area contributed by atoms with Crippen molar-refractivity contribution in [3.63, 3.8) is 0 Å². The highest BCUT2D eigenvalue weighted by molar-refractivity contribution is 5.73. The number of ether oxygens (including phenoxy) is 2. The van der Waals surface area contributed by atoms with Crippen molar-refractivity contribution in [2.45, 2.75) is 26.2 Å². The molecule has 2 rings (SSSR count). The Bertz CT molecular complexity index is 684. The summed E-state index contributed by atoms with van der Waals surface area (Å²) in [6.07, 6.45) is 0.774. The molecule has 0 saturated carbocycles. The van der Waals surface area contributed by atoms with Crippen molar-refractivity contribution in [1.82, 2.24) is 10.6 Å². The van der Waals surface area contributed by atoms with Crippen LogP contribution in [0.25, 0.3) is 0 Å². The van der Waals surface area contributed by atoms with E-state index in [0.717, 1.165) is 23.5 Å². The zero-order chi connectivity index (χ0) is 18.8. The number of nitrogens with one attached hydrogen (secondary N) is 2. The fourth-order valence-electron chi connectivity index (χ4n) is 2.47. The summed E-state index contributed by atoms with van der Waals surface area (Å²) >= 11 is 0. The number of methoxy groups -OCH3 is 1. The molecule has 0 aliphatic rings. The number of amides is 2. The van der Waals surface area contributed by atoms with Crippen LogP contribution in [0.1, 0.15) is 30.9 Å². The van der Waals surface area contributed by atoms with E-state index in [1.54, 1.807) is 7.11 Å². The van der Waals surface area contributed by atoms with Crippen LogP contribution in [-0.2, 0) is 6.42 Å². The molecule has 2 aromatic rings. The molecule has 2 amide bonds. The number of carbonyl (C=O) groups excluding carboxylic acids is 1. The highest BCUT2D eigenvalue weighted by Gasteiger charge is 2.02. The Balaban J connectivity index is 1.60. The quantitative estimate of drug-likeness (QED) is 0.673. The van der Waals surface area contributed by atoms with Crippen LogP contribution in [0.2, 0.25) is 0 Å². The molecular formula is C21H28N2O3. The molecule has 26 heavy (non-hydrogen) atoms. The Morgan fingerprint density at radius 1 is 1.00 bits per heavy atom. The molecule has 0 fully saturated rings. The fourth-order valence-corrected chi connectivity index (χ4v) is 2.47.